The van der Waals surface area contributed by atoms with Crippen LogP contribution < -0.4 is 14.8 Å². The van der Waals surface area contributed by atoms with E-state index in [1.807, 2.05) is 38.1 Å². The number of hydrogen-bond donors (Lipinski definition) is 1. The van der Waals surface area contributed by atoms with Crippen LogP contribution in [0, 0.1) is 5.82 Å². The summed E-state index contributed by atoms with van der Waals surface area (Å²) in [5, 5.41) is 2.75. The highest BCUT2D eigenvalue weighted by atomic mass is 19.1. The van der Waals surface area contributed by atoms with Crippen molar-refractivity contribution < 1.29 is 18.7 Å². The van der Waals surface area contributed by atoms with Crippen LogP contribution in [0.4, 0.5) is 4.39 Å². The van der Waals surface area contributed by atoms with Gasteiger partial charge in [0.1, 0.15) is 17.3 Å². The first-order chi connectivity index (χ1) is 11.0. The summed E-state index contributed by atoms with van der Waals surface area (Å²) in [6.45, 7) is 4.17. The zero-order chi connectivity index (χ0) is 16.7. The third-order valence-electron chi connectivity index (χ3n) is 2.95. The Hall–Kier alpha value is -2.56. The Labute approximate surface area is 135 Å². The Balaban J connectivity index is 1.75. The molecule has 2 rings (SSSR count). The number of ether oxygens (including phenoxy) is 2. The molecule has 2 aromatic carbocycles. The van der Waals surface area contributed by atoms with Crippen molar-refractivity contribution in [2.75, 3.05) is 6.61 Å². The number of halogens is 1. The van der Waals surface area contributed by atoms with Crippen LogP contribution in [0.15, 0.2) is 48.5 Å². The average molecular weight is 317 g/mol. The van der Waals surface area contributed by atoms with Crippen LogP contribution in [0.2, 0.25) is 0 Å². The zero-order valence-corrected chi connectivity index (χ0v) is 13.2. The topological polar surface area (TPSA) is 47.6 Å². The minimum absolute atomic E-state index is 0.125. The van der Waals surface area contributed by atoms with Crippen molar-refractivity contribution in [3.05, 3.63) is 59.9 Å². The van der Waals surface area contributed by atoms with Gasteiger partial charge in [-0.05, 0) is 43.7 Å². The molecule has 5 heteroatoms. The van der Waals surface area contributed by atoms with Gasteiger partial charge in [0, 0.05) is 12.6 Å². The molecule has 0 aromatic heterocycles. The van der Waals surface area contributed by atoms with Gasteiger partial charge in [0.05, 0.1) is 6.10 Å². The lowest BCUT2D eigenvalue weighted by atomic mass is 10.2. The van der Waals surface area contributed by atoms with E-state index in [4.69, 9.17) is 9.47 Å². The minimum atomic E-state index is -0.397. The van der Waals surface area contributed by atoms with E-state index in [-0.39, 0.29) is 18.6 Å². The molecular formula is C18H20FNO3. The number of hydrogen-bond acceptors (Lipinski definition) is 3. The highest BCUT2D eigenvalue weighted by Crippen LogP contribution is 2.14. The second-order valence-corrected chi connectivity index (χ2v) is 5.33. The third kappa shape index (κ3) is 5.98. The predicted molar refractivity (Wildman–Crippen MR) is 85.9 cm³/mol. The molecule has 1 N–H and O–H groups in total. The maximum Gasteiger partial charge on any atom is 0.258 e. The van der Waals surface area contributed by atoms with Crippen molar-refractivity contribution >= 4 is 5.91 Å². The smallest absolute Gasteiger partial charge is 0.258 e. The summed E-state index contributed by atoms with van der Waals surface area (Å²) in [5.74, 6) is 0.461. The van der Waals surface area contributed by atoms with Gasteiger partial charge in [0.25, 0.3) is 5.91 Å². The Morgan fingerprint density at radius 2 is 1.87 bits per heavy atom. The Kier molecular flexibility index (Phi) is 5.97. The fraction of sp³-hybridized carbons (Fsp3) is 0.278. The molecule has 0 saturated carbocycles. The van der Waals surface area contributed by atoms with Crippen LogP contribution in [0.25, 0.3) is 0 Å². The van der Waals surface area contributed by atoms with E-state index in [2.05, 4.69) is 5.32 Å². The molecule has 2 aromatic rings. The van der Waals surface area contributed by atoms with Gasteiger partial charge in [0.2, 0.25) is 0 Å². The standard InChI is InChI=1S/C18H20FNO3/c1-13(2)23-16-8-6-14(7-9-16)11-20-18(21)12-22-17-5-3-4-15(19)10-17/h3-10,13H,11-12H2,1-2H3,(H,20,21). The number of carbonyl (C=O) groups excluding carboxylic acids is 1. The molecule has 0 heterocycles. The molecule has 0 saturated heterocycles. The first-order valence-electron chi connectivity index (χ1n) is 7.43. The van der Waals surface area contributed by atoms with Crippen molar-refractivity contribution in [3.63, 3.8) is 0 Å². The molecule has 0 spiro atoms. The van der Waals surface area contributed by atoms with Crippen LogP contribution in [0.1, 0.15) is 19.4 Å². The molecule has 0 unspecified atom stereocenters. The highest BCUT2D eigenvalue weighted by Gasteiger charge is 2.04. The first-order valence-corrected chi connectivity index (χ1v) is 7.43. The van der Waals surface area contributed by atoms with Crippen molar-refractivity contribution in [2.45, 2.75) is 26.5 Å². The molecule has 0 aliphatic rings. The monoisotopic (exact) mass is 317 g/mol. The lowest BCUT2D eigenvalue weighted by Gasteiger charge is -2.11. The Morgan fingerprint density at radius 1 is 1.13 bits per heavy atom. The van der Waals surface area contributed by atoms with Crippen LogP contribution in [-0.2, 0) is 11.3 Å². The average Bonchev–Trinajstić information content (AvgIpc) is 2.52. The fourth-order valence-electron chi connectivity index (χ4n) is 1.92. The molecular weight excluding hydrogens is 297 g/mol. The summed E-state index contributed by atoms with van der Waals surface area (Å²) in [6.07, 6.45) is 0.125. The lowest BCUT2D eigenvalue weighted by Crippen LogP contribution is -2.28. The van der Waals surface area contributed by atoms with Gasteiger partial charge in [-0.15, -0.1) is 0 Å². The number of rotatable bonds is 7. The van der Waals surface area contributed by atoms with E-state index in [1.165, 1.54) is 18.2 Å². The second kappa shape index (κ2) is 8.17. The molecule has 1 amide bonds. The normalized spacial score (nSPS) is 10.4. The molecule has 23 heavy (non-hydrogen) atoms. The van der Waals surface area contributed by atoms with E-state index in [9.17, 15) is 9.18 Å². The van der Waals surface area contributed by atoms with Gasteiger partial charge in [-0.1, -0.05) is 18.2 Å². The fourth-order valence-corrected chi connectivity index (χ4v) is 1.92. The molecule has 122 valence electrons. The summed E-state index contributed by atoms with van der Waals surface area (Å²) in [4.78, 5) is 11.7. The summed E-state index contributed by atoms with van der Waals surface area (Å²) in [6, 6.07) is 13.2. The molecule has 0 radical (unpaired) electrons. The van der Waals surface area contributed by atoms with Crippen LogP contribution in [0.3, 0.4) is 0 Å². The quantitative estimate of drug-likeness (QED) is 0.852. The first kappa shape index (κ1) is 16.8. The van der Waals surface area contributed by atoms with E-state index in [1.54, 1.807) is 6.07 Å². The van der Waals surface area contributed by atoms with Crippen molar-refractivity contribution in [1.82, 2.24) is 5.32 Å². The minimum Gasteiger partial charge on any atom is -0.491 e. The zero-order valence-electron chi connectivity index (χ0n) is 13.2. The largest absolute Gasteiger partial charge is 0.491 e. The third-order valence-corrected chi connectivity index (χ3v) is 2.95. The molecule has 0 atom stereocenters. The lowest BCUT2D eigenvalue weighted by molar-refractivity contribution is -0.123. The molecule has 0 aliphatic heterocycles. The summed E-state index contributed by atoms with van der Waals surface area (Å²) in [7, 11) is 0. The van der Waals surface area contributed by atoms with E-state index >= 15 is 0 Å². The maximum atomic E-state index is 13.0. The summed E-state index contributed by atoms with van der Waals surface area (Å²) in [5.41, 5.74) is 0.959. The number of carbonyl (C=O) groups is 1. The predicted octanol–water partition coefficient (Wildman–Crippen LogP) is 3.31. The van der Waals surface area contributed by atoms with Gasteiger partial charge in [-0.3, -0.25) is 4.79 Å². The van der Waals surface area contributed by atoms with Gasteiger partial charge in [-0.2, -0.15) is 0 Å². The highest BCUT2D eigenvalue weighted by molar-refractivity contribution is 5.77. The van der Waals surface area contributed by atoms with E-state index in [0.717, 1.165) is 11.3 Å². The SMILES string of the molecule is CC(C)Oc1ccc(CNC(=O)COc2cccc(F)c2)cc1. The van der Waals surface area contributed by atoms with E-state index < -0.39 is 5.82 Å². The molecule has 0 fully saturated rings. The number of amides is 1. The van der Waals surface area contributed by atoms with Gasteiger partial charge in [0.15, 0.2) is 6.61 Å². The molecule has 0 bridgehead atoms. The number of benzene rings is 2. The van der Waals surface area contributed by atoms with Crippen LogP contribution in [0.5, 0.6) is 11.5 Å². The van der Waals surface area contributed by atoms with Crippen molar-refractivity contribution in [3.8, 4) is 11.5 Å². The summed E-state index contributed by atoms with van der Waals surface area (Å²) >= 11 is 0. The number of nitrogens with one attached hydrogen (secondary N) is 1. The molecule has 0 aliphatic carbocycles. The molecule has 4 nitrogen and oxygen atoms in total. The van der Waals surface area contributed by atoms with Gasteiger partial charge >= 0.3 is 0 Å². The van der Waals surface area contributed by atoms with Crippen LogP contribution >= 0.6 is 0 Å². The second-order valence-electron chi connectivity index (χ2n) is 5.33. The Morgan fingerprint density at radius 3 is 2.52 bits per heavy atom. The van der Waals surface area contributed by atoms with Crippen molar-refractivity contribution in [1.29, 1.82) is 0 Å². The van der Waals surface area contributed by atoms with Crippen LogP contribution in [-0.4, -0.2) is 18.6 Å². The Bertz CT molecular complexity index is 641. The van der Waals surface area contributed by atoms with E-state index in [0.29, 0.717) is 12.3 Å². The van der Waals surface area contributed by atoms with Gasteiger partial charge < -0.3 is 14.8 Å². The maximum absolute atomic E-state index is 13.0. The van der Waals surface area contributed by atoms with Crippen molar-refractivity contribution in [2.24, 2.45) is 0 Å². The van der Waals surface area contributed by atoms with Gasteiger partial charge in [-0.25, -0.2) is 4.39 Å². The summed E-state index contributed by atoms with van der Waals surface area (Å²) < 4.78 is 23.8.